The van der Waals surface area contributed by atoms with E-state index >= 15 is 0 Å². The molecule has 3 heteroatoms. The van der Waals surface area contributed by atoms with E-state index in [1.807, 2.05) is 6.20 Å². The summed E-state index contributed by atoms with van der Waals surface area (Å²) in [5.74, 6) is 2.87. The van der Waals surface area contributed by atoms with Gasteiger partial charge in [0, 0.05) is 17.4 Å². The van der Waals surface area contributed by atoms with Gasteiger partial charge >= 0.3 is 0 Å². The minimum absolute atomic E-state index is 0.0380. The lowest BCUT2D eigenvalue weighted by atomic mass is 9.38. The first-order chi connectivity index (χ1) is 16.9. The molecular weight excluding hydrogens is 454 g/mol. The number of hydrogen-bond donors (Lipinski definition) is 0. The molecule has 6 atom stereocenters. The van der Waals surface area contributed by atoms with E-state index in [0.29, 0.717) is 35.4 Å². The van der Waals surface area contributed by atoms with E-state index in [0.717, 1.165) is 18.6 Å². The van der Waals surface area contributed by atoms with Gasteiger partial charge in [0.15, 0.2) is 0 Å². The highest BCUT2D eigenvalue weighted by Crippen LogP contribution is 2.69. The number of allylic oxidation sites excluding steroid dienone is 1. The van der Waals surface area contributed by atoms with Crippen molar-refractivity contribution in [2.75, 3.05) is 0 Å². The van der Waals surface area contributed by atoms with Crippen LogP contribution < -0.4 is 0 Å². The summed E-state index contributed by atoms with van der Waals surface area (Å²) in [6, 6.07) is 0. The topological polar surface area (TPSA) is 43.1 Å². The molecule has 0 aliphatic heterocycles. The van der Waals surface area contributed by atoms with Crippen LogP contribution in [0.4, 0.5) is 0 Å². The Hall–Kier alpha value is -1.38. The van der Waals surface area contributed by atoms with Gasteiger partial charge in [0.05, 0.1) is 6.20 Å². The van der Waals surface area contributed by atoms with Crippen LogP contribution in [0, 0.1) is 44.8 Å². The summed E-state index contributed by atoms with van der Waals surface area (Å²) in [5, 5.41) is 4.22. The molecule has 0 amide bonds. The van der Waals surface area contributed by atoms with Gasteiger partial charge in [-0.05, 0) is 103 Å². The fraction of sp³-hybridized carbons (Fsp3) is 0.824. The second kappa shape index (κ2) is 9.09. The van der Waals surface area contributed by atoms with E-state index in [1.54, 1.807) is 6.92 Å². The highest BCUT2D eigenvalue weighted by molar-refractivity contribution is 5.76. The van der Waals surface area contributed by atoms with Crippen molar-refractivity contribution >= 4 is 5.78 Å². The smallest absolute Gasteiger partial charge is 0.145 e. The number of nitrogens with zero attached hydrogens (tertiary/aromatic N) is 1. The quantitative estimate of drug-likeness (QED) is 0.344. The first kappa shape index (κ1) is 28.6. The number of carbonyl (C=O) groups is 1. The van der Waals surface area contributed by atoms with Gasteiger partial charge in [0.25, 0.3) is 0 Å². The zero-order valence-corrected chi connectivity index (χ0v) is 25.7. The van der Waals surface area contributed by atoms with Crippen LogP contribution in [0.5, 0.6) is 0 Å². The molecule has 0 N–H and O–H groups in total. The molecule has 2 saturated carbocycles. The standard InChI is InChI=1S/C34H55NO2/c1-12-34(17-15-29(4,5)20-23(34)2)18-16-30(6,7)33(11)14-13-26-31(8,9)28-25(22-35-37-28)21-32(26,10)27(33)19-24(3)36/h12,22-23,26-27H,1,13-21H2,2-11H3/t23?,26-,27?,32-,33+,34+/m0/s1. The average molecular weight is 510 g/mol. The van der Waals surface area contributed by atoms with E-state index in [2.05, 4.69) is 80.1 Å². The molecule has 0 spiro atoms. The lowest BCUT2D eigenvalue weighted by molar-refractivity contribution is -0.155. The van der Waals surface area contributed by atoms with Gasteiger partial charge in [0.1, 0.15) is 11.5 Å². The Morgan fingerprint density at radius 1 is 1.16 bits per heavy atom. The fourth-order valence-electron chi connectivity index (χ4n) is 9.95. The molecule has 0 aromatic carbocycles. The van der Waals surface area contributed by atoms with Gasteiger partial charge < -0.3 is 9.32 Å². The summed E-state index contributed by atoms with van der Waals surface area (Å²) in [5.41, 5.74) is 2.07. The number of hydrogen-bond acceptors (Lipinski definition) is 3. The molecule has 1 aromatic heterocycles. The molecule has 2 unspecified atom stereocenters. The van der Waals surface area contributed by atoms with Crippen LogP contribution in [0.3, 0.4) is 0 Å². The van der Waals surface area contributed by atoms with Crippen molar-refractivity contribution in [1.82, 2.24) is 5.16 Å². The van der Waals surface area contributed by atoms with Crippen molar-refractivity contribution in [2.45, 2.75) is 132 Å². The SMILES string of the molecule is C=C[C@]1(CCC(C)(C)[C@]2(C)CC[C@H]3C(C)(C)c4oncc4C[C@]3(C)C2CC(C)=O)CCC(C)(C)CC1C. The Morgan fingerprint density at radius 3 is 2.43 bits per heavy atom. The van der Waals surface area contributed by atoms with Crippen LogP contribution in [0.2, 0.25) is 0 Å². The molecule has 0 radical (unpaired) electrons. The molecular formula is C34H55NO2. The van der Waals surface area contributed by atoms with Crippen molar-refractivity contribution in [2.24, 2.45) is 44.8 Å². The normalized spacial score (nSPS) is 38.9. The van der Waals surface area contributed by atoms with Crippen LogP contribution in [0.1, 0.15) is 132 Å². The molecule has 2 fully saturated rings. The first-order valence-electron chi connectivity index (χ1n) is 15.0. The van der Waals surface area contributed by atoms with E-state index in [1.165, 1.54) is 44.1 Å². The van der Waals surface area contributed by atoms with Gasteiger partial charge in [-0.3, -0.25) is 0 Å². The van der Waals surface area contributed by atoms with Gasteiger partial charge in [-0.2, -0.15) is 0 Å². The van der Waals surface area contributed by atoms with E-state index in [4.69, 9.17) is 4.52 Å². The summed E-state index contributed by atoms with van der Waals surface area (Å²) >= 11 is 0. The van der Waals surface area contributed by atoms with Crippen LogP contribution in [0.25, 0.3) is 0 Å². The third kappa shape index (κ3) is 4.49. The zero-order valence-electron chi connectivity index (χ0n) is 25.7. The Balaban J connectivity index is 1.68. The number of fused-ring (bicyclic) bond motifs is 2. The number of rotatable bonds is 7. The lowest BCUT2D eigenvalue weighted by Crippen LogP contribution is -2.60. The fourth-order valence-corrected chi connectivity index (χ4v) is 9.95. The van der Waals surface area contributed by atoms with Gasteiger partial charge in [0.2, 0.25) is 0 Å². The van der Waals surface area contributed by atoms with Gasteiger partial charge in [-0.15, -0.1) is 6.58 Å². The van der Waals surface area contributed by atoms with Crippen LogP contribution >= 0.6 is 0 Å². The molecule has 1 aromatic rings. The molecule has 37 heavy (non-hydrogen) atoms. The number of carbonyl (C=O) groups excluding carboxylic acids is 1. The Morgan fingerprint density at radius 2 is 1.84 bits per heavy atom. The van der Waals surface area contributed by atoms with E-state index in [-0.39, 0.29) is 27.1 Å². The second-order valence-corrected chi connectivity index (χ2v) is 16.1. The Bertz CT molecular complexity index is 1030. The maximum atomic E-state index is 12.9. The number of Topliss-reactive ketones (excluding diaryl/α,β-unsaturated/α-hetero) is 1. The second-order valence-electron chi connectivity index (χ2n) is 16.1. The van der Waals surface area contributed by atoms with Gasteiger partial charge in [-0.25, -0.2) is 0 Å². The Labute approximate surface area is 227 Å². The summed E-state index contributed by atoms with van der Waals surface area (Å²) < 4.78 is 5.83. The average Bonchev–Trinajstić information content (AvgIpc) is 3.24. The summed E-state index contributed by atoms with van der Waals surface area (Å²) in [4.78, 5) is 12.9. The molecule has 3 aliphatic rings. The summed E-state index contributed by atoms with van der Waals surface area (Å²) in [6.45, 7) is 28.2. The zero-order chi connectivity index (χ0) is 27.7. The molecule has 4 rings (SSSR count). The maximum absolute atomic E-state index is 12.9. The van der Waals surface area contributed by atoms with E-state index in [9.17, 15) is 4.79 Å². The first-order valence-corrected chi connectivity index (χ1v) is 15.0. The lowest BCUT2D eigenvalue weighted by Gasteiger charge is -2.65. The van der Waals surface area contributed by atoms with Gasteiger partial charge in [-0.1, -0.05) is 73.5 Å². The van der Waals surface area contributed by atoms with Crippen LogP contribution in [0.15, 0.2) is 23.4 Å². The number of aromatic nitrogens is 1. The monoisotopic (exact) mass is 509 g/mol. The molecule has 1 heterocycles. The third-order valence-electron chi connectivity index (χ3n) is 12.8. The molecule has 208 valence electrons. The maximum Gasteiger partial charge on any atom is 0.145 e. The third-order valence-corrected chi connectivity index (χ3v) is 12.8. The number of ketones is 1. The minimum atomic E-state index is -0.0728. The molecule has 0 bridgehead atoms. The van der Waals surface area contributed by atoms with Crippen LogP contribution in [-0.2, 0) is 16.6 Å². The van der Waals surface area contributed by atoms with Crippen molar-refractivity contribution in [3.05, 3.63) is 30.2 Å². The van der Waals surface area contributed by atoms with Crippen molar-refractivity contribution in [1.29, 1.82) is 0 Å². The molecule has 3 nitrogen and oxygen atoms in total. The minimum Gasteiger partial charge on any atom is -0.361 e. The van der Waals surface area contributed by atoms with Crippen molar-refractivity contribution in [3.63, 3.8) is 0 Å². The Kier molecular flexibility index (Phi) is 7.03. The molecule has 0 saturated heterocycles. The van der Waals surface area contributed by atoms with Crippen molar-refractivity contribution < 1.29 is 9.32 Å². The van der Waals surface area contributed by atoms with Crippen LogP contribution in [-0.4, -0.2) is 10.9 Å². The van der Waals surface area contributed by atoms with Crippen molar-refractivity contribution in [3.8, 4) is 0 Å². The highest BCUT2D eigenvalue weighted by Gasteiger charge is 2.63. The largest absolute Gasteiger partial charge is 0.361 e. The summed E-state index contributed by atoms with van der Waals surface area (Å²) in [6.07, 6.45) is 14.4. The predicted octanol–water partition coefficient (Wildman–Crippen LogP) is 9.35. The highest BCUT2D eigenvalue weighted by atomic mass is 16.5. The molecule has 3 aliphatic carbocycles. The summed E-state index contributed by atoms with van der Waals surface area (Å²) in [7, 11) is 0. The van der Waals surface area contributed by atoms with E-state index < -0.39 is 0 Å². The predicted molar refractivity (Wildman–Crippen MR) is 153 cm³/mol.